The molecule has 3 rings (SSSR count). The number of aromatic nitrogens is 3. The van der Waals surface area contributed by atoms with Gasteiger partial charge in [0.05, 0.1) is 16.4 Å². The molecule has 3 aromatic rings. The van der Waals surface area contributed by atoms with Crippen molar-refractivity contribution < 1.29 is 9.72 Å². The SMILES string of the molecule is O=C(CSc1ccc(-c2ccccn2)nn1)c1cccc([N+](=O)[O-])c1. The number of hydrogen-bond donors (Lipinski definition) is 0. The zero-order valence-electron chi connectivity index (χ0n) is 12.9. The number of rotatable bonds is 6. The van der Waals surface area contributed by atoms with Crippen LogP contribution in [-0.2, 0) is 0 Å². The van der Waals surface area contributed by atoms with Crippen molar-refractivity contribution in [1.82, 2.24) is 15.2 Å². The van der Waals surface area contributed by atoms with E-state index in [1.807, 2.05) is 18.2 Å². The van der Waals surface area contributed by atoms with E-state index in [0.29, 0.717) is 16.3 Å². The Morgan fingerprint density at radius 1 is 1.04 bits per heavy atom. The van der Waals surface area contributed by atoms with Crippen molar-refractivity contribution in [2.24, 2.45) is 0 Å². The number of hydrogen-bond acceptors (Lipinski definition) is 7. The molecule has 0 aliphatic heterocycles. The summed E-state index contributed by atoms with van der Waals surface area (Å²) in [6.07, 6.45) is 1.68. The Kier molecular flexibility index (Phi) is 5.10. The van der Waals surface area contributed by atoms with Crippen molar-refractivity contribution in [2.75, 3.05) is 5.75 Å². The lowest BCUT2D eigenvalue weighted by Crippen LogP contribution is -2.03. The van der Waals surface area contributed by atoms with Crippen molar-refractivity contribution in [3.8, 4) is 11.4 Å². The van der Waals surface area contributed by atoms with Crippen LogP contribution in [0, 0.1) is 10.1 Å². The summed E-state index contributed by atoms with van der Waals surface area (Å²) in [7, 11) is 0. The maximum atomic E-state index is 12.2. The first-order valence-corrected chi connectivity index (χ1v) is 8.27. The molecule has 2 aromatic heterocycles. The molecule has 1 aromatic carbocycles. The third-order valence-electron chi connectivity index (χ3n) is 3.30. The lowest BCUT2D eigenvalue weighted by Gasteiger charge is -2.02. The van der Waals surface area contributed by atoms with Gasteiger partial charge in [-0.3, -0.25) is 19.9 Å². The van der Waals surface area contributed by atoms with Gasteiger partial charge in [0, 0.05) is 23.9 Å². The molecule has 0 fully saturated rings. The van der Waals surface area contributed by atoms with E-state index in [1.54, 1.807) is 24.4 Å². The molecule has 8 heteroatoms. The third-order valence-corrected chi connectivity index (χ3v) is 4.22. The molecule has 0 bridgehead atoms. The van der Waals surface area contributed by atoms with Gasteiger partial charge in [-0.1, -0.05) is 30.0 Å². The molecule has 7 nitrogen and oxygen atoms in total. The van der Waals surface area contributed by atoms with Gasteiger partial charge in [-0.25, -0.2) is 0 Å². The van der Waals surface area contributed by atoms with Gasteiger partial charge in [0.1, 0.15) is 10.7 Å². The van der Waals surface area contributed by atoms with Crippen LogP contribution in [0.2, 0.25) is 0 Å². The van der Waals surface area contributed by atoms with Crippen molar-refractivity contribution >= 4 is 23.2 Å². The minimum Gasteiger partial charge on any atom is -0.293 e. The van der Waals surface area contributed by atoms with Crippen LogP contribution in [0.5, 0.6) is 0 Å². The molecule has 0 atom stereocenters. The van der Waals surface area contributed by atoms with E-state index in [1.165, 1.54) is 30.0 Å². The molecule has 0 spiro atoms. The predicted octanol–water partition coefficient (Wildman–Crippen LogP) is 3.42. The number of nitrogens with zero attached hydrogens (tertiary/aromatic N) is 4. The first kappa shape index (κ1) is 16.7. The number of non-ortho nitro benzene ring substituents is 1. The zero-order chi connectivity index (χ0) is 17.6. The Labute approximate surface area is 147 Å². The molecule has 0 radical (unpaired) electrons. The van der Waals surface area contributed by atoms with Crippen molar-refractivity contribution in [3.63, 3.8) is 0 Å². The highest BCUT2D eigenvalue weighted by molar-refractivity contribution is 7.99. The highest BCUT2D eigenvalue weighted by Crippen LogP contribution is 2.20. The highest BCUT2D eigenvalue weighted by Gasteiger charge is 2.12. The summed E-state index contributed by atoms with van der Waals surface area (Å²) in [5.41, 5.74) is 1.57. The van der Waals surface area contributed by atoms with E-state index in [9.17, 15) is 14.9 Å². The molecular formula is C17H12N4O3S. The average Bonchev–Trinajstić information content (AvgIpc) is 2.67. The monoisotopic (exact) mass is 352 g/mol. The Hall–Kier alpha value is -3.13. The van der Waals surface area contributed by atoms with Crippen molar-refractivity contribution in [3.05, 3.63) is 76.5 Å². The zero-order valence-corrected chi connectivity index (χ0v) is 13.7. The van der Waals surface area contributed by atoms with Gasteiger partial charge in [-0.2, -0.15) is 0 Å². The van der Waals surface area contributed by atoms with Crippen molar-refractivity contribution in [1.29, 1.82) is 0 Å². The summed E-state index contributed by atoms with van der Waals surface area (Å²) in [5.74, 6) is -0.0806. The van der Waals surface area contributed by atoms with Crippen LogP contribution in [-0.4, -0.2) is 31.6 Å². The van der Waals surface area contributed by atoms with Gasteiger partial charge < -0.3 is 0 Å². The quantitative estimate of drug-likeness (QED) is 0.290. The van der Waals surface area contributed by atoms with Gasteiger partial charge in [-0.05, 0) is 24.3 Å². The van der Waals surface area contributed by atoms with E-state index < -0.39 is 4.92 Å². The molecule has 25 heavy (non-hydrogen) atoms. The van der Waals surface area contributed by atoms with E-state index in [0.717, 1.165) is 5.69 Å². The molecule has 0 unspecified atom stereocenters. The largest absolute Gasteiger partial charge is 0.293 e. The number of nitro groups is 1. The fraction of sp³-hybridized carbons (Fsp3) is 0.0588. The summed E-state index contributed by atoms with van der Waals surface area (Å²) < 4.78 is 0. The summed E-state index contributed by atoms with van der Waals surface area (Å²) in [6.45, 7) is 0. The maximum absolute atomic E-state index is 12.2. The normalized spacial score (nSPS) is 10.4. The number of thioether (sulfide) groups is 1. The molecule has 0 N–H and O–H groups in total. The second kappa shape index (κ2) is 7.63. The molecule has 0 amide bonds. The van der Waals surface area contributed by atoms with E-state index in [4.69, 9.17) is 0 Å². The second-order valence-corrected chi connectivity index (χ2v) is 5.99. The van der Waals surface area contributed by atoms with E-state index >= 15 is 0 Å². The third kappa shape index (κ3) is 4.24. The number of carbonyl (C=O) groups excluding carboxylic acids is 1. The number of carbonyl (C=O) groups is 1. The Balaban J connectivity index is 1.64. The van der Waals surface area contributed by atoms with Crippen LogP contribution in [0.25, 0.3) is 11.4 Å². The number of benzene rings is 1. The topological polar surface area (TPSA) is 98.9 Å². The summed E-state index contributed by atoms with van der Waals surface area (Å²) in [4.78, 5) is 26.6. The van der Waals surface area contributed by atoms with Gasteiger partial charge in [0.2, 0.25) is 0 Å². The van der Waals surface area contributed by atoms with Crippen molar-refractivity contribution in [2.45, 2.75) is 5.03 Å². The smallest absolute Gasteiger partial charge is 0.270 e. The van der Waals surface area contributed by atoms with Crippen LogP contribution in [0.15, 0.2) is 65.8 Å². The van der Waals surface area contributed by atoms with Gasteiger partial charge in [-0.15, -0.1) is 10.2 Å². The van der Waals surface area contributed by atoms with Gasteiger partial charge >= 0.3 is 0 Å². The minimum atomic E-state index is -0.522. The van der Waals surface area contributed by atoms with Gasteiger partial charge in [0.25, 0.3) is 5.69 Å². The highest BCUT2D eigenvalue weighted by atomic mass is 32.2. The molecule has 2 heterocycles. The Morgan fingerprint density at radius 3 is 2.60 bits per heavy atom. The van der Waals surface area contributed by atoms with Crippen LogP contribution < -0.4 is 0 Å². The number of ketones is 1. The standard InChI is InChI=1S/C17H12N4O3S/c22-16(12-4-3-5-13(10-12)21(23)24)11-25-17-8-7-15(19-20-17)14-6-1-2-9-18-14/h1-10H,11H2. The molecule has 0 saturated carbocycles. The molecular weight excluding hydrogens is 340 g/mol. The number of nitro benzene ring substituents is 1. The van der Waals surface area contributed by atoms with E-state index in [2.05, 4.69) is 15.2 Å². The first-order chi connectivity index (χ1) is 12.1. The second-order valence-electron chi connectivity index (χ2n) is 4.99. The molecule has 0 aliphatic carbocycles. The van der Waals surface area contributed by atoms with Crippen LogP contribution >= 0.6 is 11.8 Å². The maximum Gasteiger partial charge on any atom is 0.270 e. The fourth-order valence-corrected chi connectivity index (χ4v) is 2.77. The molecule has 124 valence electrons. The van der Waals surface area contributed by atoms with Crippen LogP contribution in [0.4, 0.5) is 5.69 Å². The Bertz CT molecular complexity index is 901. The fourth-order valence-electron chi connectivity index (χ4n) is 2.06. The number of Topliss-reactive ketones (excluding diaryl/α,β-unsaturated/α-hetero) is 1. The minimum absolute atomic E-state index is 0.102. The van der Waals surface area contributed by atoms with E-state index in [-0.39, 0.29) is 17.2 Å². The average molecular weight is 352 g/mol. The summed E-state index contributed by atoms with van der Waals surface area (Å²) in [5, 5.41) is 19.5. The molecule has 0 aliphatic rings. The van der Waals surface area contributed by atoms with Crippen LogP contribution in [0.1, 0.15) is 10.4 Å². The van der Waals surface area contributed by atoms with Crippen LogP contribution in [0.3, 0.4) is 0 Å². The molecule has 0 saturated heterocycles. The van der Waals surface area contributed by atoms with Gasteiger partial charge in [0.15, 0.2) is 5.78 Å². The first-order valence-electron chi connectivity index (χ1n) is 7.29. The summed E-state index contributed by atoms with van der Waals surface area (Å²) >= 11 is 1.23. The number of pyridine rings is 1. The summed E-state index contributed by atoms with van der Waals surface area (Å²) in [6, 6.07) is 14.8. The predicted molar refractivity (Wildman–Crippen MR) is 93.4 cm³/mol. The lowest BCUT2D eigenvalue weighted by atomic mass is 10.1. The lowest BCUT2D eigenvalue weighted by molar-refractivity contribution is -0.384. The Morgan fingerprint density at radius 2 is 1.92 bits per heavy atom.